The summed E-state index contributed by atoms with van der Waals surface area (Å²) < 4.78 is 33.3. The number of phenols is 1. The first kappa shape index (κ1) is 22.5. The molecule has 1 aromatic heterocycles. The molecule has 1 fully saturated rings. The molecule has 1 atom stereocenters. The van der Waals surface area contributed by atoms with Crippen molar-refractivity contribution in [1.82, 2.24) is 9.62 Å². The molecule has 8 heteroatoms. The van der Waals surface area contributed by atoms with Crippen LogP contribution in [0.3, 0.4) is 0 Å². The fourth-order valence-electron chi connectivity index (χ4n) is 4.28. The monoisotopic (exact) mass is 456 g/mol. The van der Waals surface area contributed by atoms with Crippen LogP contribution in [-0.2, 0) is 16.6 Å². The Morgan fingerprint density at radius 1 is 1.16 bits per heavy atom. The van der Waals surface area contributed by atoms with Crippen molar-refractivity contribution < 1.29 is 17.9 Å². The van der Waals surface area contributed by atoms with Gasteiger partial charge in [0, 0.05) is 36.7 Å². The lowest BCUT2D eigenvalue weighted by Gasteiger charge is -2.33. The summed E-state index contributed by atoms with van der Waals surface area (Å²) in [4.78, 5) is 14.6. The summed E-state index contributed by atoms with van der Waals surface area (Å²) in [6, 6.07) is 11.7. The molecule has 1 aliphatic rings. The summed E-state index contributed by atoms with van der Waals surface area (Å²) in [5.41, 5.74) is 2.37. The third kappa shape index (κ3) is 4.87. The number of piperidine rings is 1. The van der Waals surface area contributed by atoms with Crippen LogP contribution >= 0.6 is 0 Å². The number of aromatic hydroxyl groups is 1. The summed E-state index contributed by atoms with van der Waals surface area (Å²) in [5.74, 6) is 0.276. The number of phenolic OH excluding ortho intramolecular Hbond substituents is 1. The summed E-state index contributed by atoms with van der Waals surface area (Å²) in [7, 11) is -3.54. The SMILES string of the molecule is Cc1ccc(S(=O)(=O)NCC2CCCN(Cc3cc(=O)oc4c(C)c(O)ccc34)C2)cc1. The second kappa shape index (κ2) is 9.05. The Morgan fingerprint density at radius 2 is 1.91 bits per heavy atom. The molecule has 0 bridgehead atoms. The van der Waals surface area contributed by atoms with Crippen LogP contribution < -0.4 is 10.3 Å². The minimum absolute atomic E-state index is 0.0942. The number of hydrogen-bond acceptors (Lipinski definition) is 6. The third-order valence-corrected chi connectivity index (χ3v) is 7.55. The number of aryl methyl sites for hydroxylation is 2. The van der Waals surface area contributed by atoms with Crippen molar-refractivity contribution in [1.29, 1.82) is 0 Å². The quantitative estimate of drug-likeness (QED) is 0.552. The highest BCUT2D eigenvalue weighted by Crippen LogP contribution is 2.29. The molecule has 2 N–H and O–H groups in total. The summed E-state index contributed by atoms with van der Waals surface area (Å²) in [6.45, 7) is 6.19. The Balaban J connectivity index is 1.45. The molecule has 0 spiro atoms. The first-order valence-corrected chi connectivity index (χ1v) is 12.3. The molecule has 0 aliphatic carbocycles. The van der Waals surface area contributed by atoms with Crippen molar-refractivity contribution in [2.24, 2.45) is 5.92 Å². The Bertz CT molecular complexity index is 1280. The van der Waals surface area contributed by atoms with Gasteiger partial charge in [-0.3, -0.25) is 4.90 Å². The molecule has 4 rings (SSSR count). The first-order chi connectivity index (χ1) is 15.2. The lowest BCUT2D eigenvalue weighted by molar-refractivity contribution is 0.169. The fourth-order valence-corrected chi connectivity index (χ4v) is 5.39. The van der Waals surface area contributed by atoms with Crippen LogP contribution in [0.2, 0.25) is 0 Å². The van der Waals surface area contributed by atoms with Crippen LogP contribution in [0.5, 0.6) is 5.75 Å². The Kier molecular flexibility index (Phi) is 6.37. The first-order valence-electron chi connectivity index (χ1n) is 10.8. The molecule has 0 radical (unpaired) electrons. The molecule has 170 valence electrons. The van der Waals surface area contributed by atoms with Gasteiger partial charge in [0.05, 0.1) is 4.90 Å². The van der Waals surface area contributed by atoms with E-state index < -0.39 is 15.6 Å². The maximum Gasteiger partial charge on any atom is 0.336 e. The van der Waals surface area contributed by atoms with Gasteiger partial charge in [0.25, 0.3) is 0 Å². The zero-order chi connectivity index (χ0) is 22.9. The minimum Gasteiger partial charge on any atom is -0.508 e. The molecular formula is C24H28N2O5S. The Labute approximate surface area is 187 Å². The fraction of sp³-hybridized carbons (Fsp3) is 0.375. The van der Waals surface area contributed by atoms with E-state index in [0.29, 0.717) is 24.2 Å². The predicted molar refractivity (Wildman–Crippen MR) is 123 cm³/mol. The van der Waals surface area contributed by atoms with Gasteiger partial charge in [0.2, 0.25) is 10.0 Å². The van der Waals surface area contributed by atoms with Gasteiger partial charge in [0.15, 0.2) is 0 Å². The molecule has 3 aromatic rings. The van der Waals surface area contributed by atoms with E-state index in [0.717, 1.165) is 42.4 Å². The predicted octanol–water partition coefficient (Wildman–Crippen LogP) is 3.31. The van der Waals surface area contributed by atoms with Crippen LogP contribution in [0.25, 0.3) is 11.0 Å². The molecule has 0 saturated carbocycles. The molecule has 7 nitrogen and oxygen atoms in total. The van der Waals surface area contributed by atoms with Gasteiger partial charge in [-0.15, -0.1) is 0 Å². The Hall–Kier alpha value is -2.68. The van der Waals surface area contributed by atoms with E-state index >= 15 is 0 Å². The number of nitrogens with one attached hydrogen (secondary N) is 1. The number of likely N-dealkylation sites (tertiary alicyclic amines) is 1. The molecule has 0 amide bonds. The average Bonchev–Trinajstić information content (AvgIpc) is 2.76. The summed E-state index contributed by atoms with van der Waals surface area (Å²) in [5, 5.41) is 10.8. The van der Waals surface area contributed by atoms with Crippen molar-refractivity contribution in [3.8, 4) is 5.75 Å². The van der Waals surface area contributed by atoms with E-state index in [1.807, 2.05) is 6.92 Å². The van der Waals surface area contributed by atoms with Crippen LogP contribution in [0, 0.1) is 19.8 Å². The van der Waals surface area contributed by atoms with Crippen molar-refractivity contribution in [3.05, 3.63) is 69.6 Å². The highest BCUT2D eigenvalue weighted by molar-refractivity contribution is 7.89. The van der Waals surface area contributed by atoms with Crippen LogP contribution in [0.1, 0.15) is 29.5 Å². The van der Waals surface area contributed by atoms with Crippen LogP contribution in [0.4, 0.5) is 0 Å². The largest absolute Gasteiger partial charge is 0.508 e. The van der Waals surface area contributed by atoms with E-state index in [2.05, 4.69) is 9.62 Å². The van der Waals surface area contributed by atoms with E-state index in [4.69, 9.17) is 4.42 Å². The number of fused-ring (bicyclic) bond motifs is 1. The van der Waals surface area contributed by atoms with Gasteiger partial charge in [-0.25, -0.2) is 17.9 Å². The van der Waals surface area contributed by atoms with Gasteiger partial charge in [-0.1, -0.05) is 17.7 Å². The number of rotatable bonds is 6. The minimum atomic E-state index is -3.54. The second-order valence-electron chi connectivity index (χ2n) is 8.59. The molecule has 1 aliphatic heterocycles. The standard InChI is InChI=1S/C24H28N2O5S/c1-16-5-7-20(8-6-16)32(29,30)25-13-18-4-3-11-26(14-18)15-19-12-23(28)31-24-17(2)22(27)10-9-21(19)24/h5-10,12,18,25,27H,3-4,11,13-15H2,1-2H3. The number of sulfonamides is 1. The maximum atomic E-state index is 12.6. The lowest BCUT2D eigenvalue weighted by Crippen LogP contribution is -2.40. The van der Waals surface area contributed by atoms with Crippen molar-refractivity contribution >= 4 is 21.0 Å². The summed E-state index contributed by atoms with van der Waals surface area (Å²) >= 11 is 0. The van der Waals surface area contributed by atoms with Gasteiger partial charge < -0.3 is 9.52 Å². The smallest absolute Gasteiger partial charge is 0.336 e. The van der Waals surface area contributed by atoms with Gasteiger partial charge >= 0.3 is 5.63 Å². The second-order valence-corrected chi connectivity index (χ2v) is 10.4. The lowest BCUT2D eigenvalue weighted by atomic mass is 9.97. The van der Waals surface area contributed by atoms with E-state index in [1.165, 1.54) is 6.07 Å². The Morgan fingerprint density at radius 3 is 2.66 bits per heavy atom. The molecule has 2 aromatic carbocycles. The third-order valence-electron chi connectivity index (χ3n) is 6.11. The molecule has 1 saturated heterocycles. The molecule has 2 heterocycles. The molecule has 32 heavy (non-hydrogen) atoms. The summed E-state index contributed by atoms with van der Waals surface area (Å²) in [6.07, 6.45) is 1.90. The van der Waals surface area contributed by atoms with E-state index in [9.17, 15) is 18.3 Å². The van der Waals surface area contributed by atoms with Gasteiger partial charge in [-0.2, -0.15) is 0 Å². The average molecular weight is 457 g/mol. The number of benzene rings is 2. The van der Waals surface area contributed by atoms with Crippen molar-refractivity contribution in [3.63, 3.8) is 0 Å². The number of nitrogens with zero attached hydrogens (tertiary/aromatic N) is 1. The molecular weight excluding hydrogens is 428 g/mol. The van der Waals surface area contributed by atoms with Gasteiger partial charge in [0.1, 0.15) is 11.3 Å². The highest BCUT2D eigenvalue weighted by atomic mass is 32.2. The topological polar surface area (TPSA) is 99.9 Å². The van der Waals surface area contributed by atoms with Crippen molar-refractivity contribution in [2.45, 2.75) is 38.1 Å². The zero-order valence-corrected chi connectivity index (χ0v) is 19.1. The van der Waals surface area contributed by atoms with Crippen LogP contribution in [-0.4, -0.2) is 38.1 Å². The number of hydrogen-bond donors (Lipinski definition) is 2. The zero-order valence-electron chi connectivity index (χ0n) is 18.3. The van der Waals surface area contributed by atoms with Gasteiger partial charge in [-0.05, 0) is 69.0 Å². The van der Waals surface area contributed by atoms with Crippen molar-refractivity contribution in [2.75, 3.05) is 19.6 Å². The van der Waals surface area contributed by atoms with E-state index in [1.54, 1.807) is 43.3 Å². The van der Waals surface area contributed by atoms with E-state index in [-0.39, 0.29) is 16.6 Å². The van der Waals surface area contributed by atoms with Crippen LogP contribution in [0.15, 0.2) is 56.6 Å². The highest BCUT2D eigenvalue weighted by Gasteiger charge is 2.23. The maximum absolute atomic E-state index is 12.6. The normalized spacial score (nSPS) is 17.6. The molecule has 1 unspecified atom stereocenters.